The Morgan fingerprint density at radius 1 is 1.24 bits per heavy atom. The number of likely N-dealkylation sites (N-methyl/N-ethyl adjacent to an activating group) is 1. The number of rotatable bonds is 11. The number of amides is 1. The predicted octanol–water partition coefficient (Wildman–Crippen LogP) is 7.74. The van der Waals surface area contributed by atoms with Gasteiger partial charge in [-0.3, -0.25) is 0 Å². The summed E-state index contributed by atoms with van der Waals surface area (Å²) in [5.41, 5.74) is 3.75. The minimum atomic E-state index is -2.23. The molecule has 252 valence electrons. The van der Waals surface area contributed by atoms with E-state index in [9.17, 15) is 9.90 Å². The summed E-state index contributed by atoms with van der Waals surface area (Å²) in [6.07, 6.45) is 0.378. The molecule has 0 spiro atoms. The van der Waals surface area contributed by atoms with Crippen LogP contribution >= 0.6 is 11.6 Å². The molecule has 1 amide bonds. The van der Waals surface area contributed by atoms with Crippen molar-refractivity contribution < 1.29 is 28.3 Å². The summed E-state index contributed by atoms with van der Waals surface area (Å²) >= 11 is 6.78. The normalized spacial score (nSPS) is 17.9. The van der Waals surface area contributed by atoms with Crippen LogP contribution in [0.3, 0.4) is 0 Å². The fourth-order valence-electron chi connectivity index (χ4n) is 5.22. The predicted molar refractivity (Wildman–Crippen MR) is 182 cm³/mol. The maximum Gasteiger partial charge on any atom is 0.407 e. The summed E-state index contributed by atoms with van der Waals surface area (Å²) in [7, 11) is -0.695. The van der Waals surface area contributed by atoms with E-state index in [0.29, 0.717) is 46.0 Å². The Morgan fingerprint density at radius 2 is 1.96 bits per heavy atom. The Hall–Kier alpha value is -3.19. The van der Waals surface area contributed by atoms with Gasteiger partial charge in [0.25, 0.3) is 0 Å². The summed E-state index contributed by atoms with van der Waals surface area (Å²) < 4.78 is 24.1. The molecule has 11 nitrogen and oxygen atoms in total. The highest BCUT2D eigenvalue weighted by atomic mass is 35.5. The number of nitrogens with zero attached hydrogens (tertiary/aromatic N) is 4. The molecule has 1 aliphatic heterocycles. The molecule has 3 atom stereocenters. The monoisotopic (exact) mass is 673 g/mol. The van der Waals surface area contributed by atoms with Gasteiger partial charge in [-0.25, -0.2) is 14.8 Å². The second-order valence-corrected chi connectivity index (χ2v) is 18.9. The maximum absolute atomic E-state index is 11.6. The molecular weight excluding hydrogens is 626 g/mol. The number of hydrogen-bond acceptors (Lipinski definition) is 9. The zero-order chi connectivity index (χ0) is 34.0. The quantitative estimate of drug-likeness (QED) is 0.195. The molecule has 1 aromatic carbocycles. The van der Waals surface area contributed by atoms with Crippen molar-refractivity contribution in [2.45, 2.75) is 97.7 Å². The van der Waals surface area contributed by atoms with Crippen molar-refractivity contribution in [2.24, 2.45) is 0 Å². The Morgan fingerprint density at radius 3 is 2.57 bits per heavy atom. The van der Waals surface area contributed by atoms with E-state index < -0.39 is 20.5 Å². The van der Waals surface area contributed by atoms with E-state index in [0.717, 1.165) is 29.7 Å². The van der Waals surface area contributed by atoms with Gasteiger partial charge in [0.1, 0.15) is 23.9 Å². The molecule has 46 heavy (non-hydrogen) atoms. The van der Waals surface area contributed by atoms with Crippen LogP contribution in [0.15, 0.2) is 22.7 Å². The van der Waals surface area contributed by atoms with E-state index in [1.54, 1.807) is 12.1 Å². The fourth-order valence-corrected chi connectivity index (χ4v) is 6.75. The van der Waals surface area contributed by atoms with Gasteiger partial charge >= 0.3 is 6.09 Å². The zero-order valence-electron chi connectivity index (χ0n) is 28.7. The fraction of sp³-hybridized carbons (Fsp3) is 0.576. The van der Waals surface area contributed by atoms with Crippen molar-refractivity contribution in [2.75, 3.05) is 32.1 Å². The van der Waals surface area contributed by atoms with Gasteiger partial charge < -0.3 is 33.7 Å². The van der Waals surface area contributed by atoms with Crippen LogP contribution in [-0.4, -0.2) is 84.6 Å². The number of nitrogens with one attached hydrogen (secondary N) is 1. The third-order valence-corrected chi connectivity index (χ3v) is 13.8. The number of aromatic nitrogens is 3. The highest BCUT2D eigenvalue weighted by molar-refractivity contribution is 6.74. The Bertz CT molecular complexity index is 1520. The Kier molecular flexibility index (Phi) is 11.1. The summed E-state index contributed by atoms with van der Waals surface area (Å²) in [5, 5.41) is 17.8. The largest absolute Gasteiger partial charge is 0.491 e. The lowest BCUT2D eigenvalue weighted by atomic mass is 10.0. The zero-order valence-corrected chi connectivity index (χ0v) is 30.4. The van der Waals surface area contributed by atoms with E-state index in [4.69, 9.17) is 40.0 Å². The van der Waals surface area contributed by atoms with Gasteiger partial charge in [-0.2, -0.15) is 0 Å². The molecule has 2 N–H and O–H groups in total. The first kappa shape index (κ1) is 35.7. The lowest BCUT2D eigenvalue weighted by molar-refractivity contribution is 0.0231. The van der Waals surface area contributed by atoms with Gasteiger partial charge in [-0.1, -0.05) is 37.5 Å². The van der Waals surface area contributed by atoms with Crippen LogP contribution < -0.4 is 10.1 Å². The summed E-state index contributed by atoms with van der Waals surface area (Å²) in [6.45, 7) is 19.6. The number of anilines is 1. The van der Waals surface area contributed by atoms with E-state index in [2.05, 4.69) is 51.3 Å². The van der Waals surface area contributed by atoms with E-state index in [-0.39, 0.29) is 30.3 Å². The number of carboxylic acid groups (broad SMARTS) is 1. The molecule has 3 heterocycles. The molecule has 0 radical (unpaired) electrons. The highest BCUT2D eigenvalue weighted by Crippen LogP contribution is 2.39. The van der Waals surface area contributed by atoms with Gasteiger partial charge in [0, 0.05) is 30.8 Å². The standard InChI is InChI=1S/C33H48ClN5O6Si/c1-19-15-23(13-14-42-19)35-30-20(2)29(28-21(3)38-44-22(28)4)36-31(37-30)26-16-24(11-12-27(26)34)43-18-25(17-39(8)32(40)41)45-46(9,10)33(5,6)7/h11-12,16,19,23,25H,13-15,17-18H2,1-10H3,(H,40,41)(H,35,36,37)/t19-,23-,25-/m1/s1. The molecule has 1 fully saturated rings. The van der Waals surface area contributed by atoms with Crippen LogP contribution in [0, 0.1) is 20.8 Å². The number of aryl methyl sites for hydroxylation is 2. The maximum atomic E-state index is 11.6. The third kappa shape index (κ3) is 8.39. The van der Waals surface area contributed by atoms with E-state index in [1.165, 1.54) is 11.9 Å². The number of carbonyl (C=O) groups is 1. The first-order valence-corrected chi connectivity index (χ1v) is 19.0. The summed E-state index contributed by atoms with van der Waals surface area (Å²) in [6, 6.07) is 5.54. The molecule has 0 aliphatic carbocycles. The van der Waals surface area contributed by atoms with Crippen molar-refractivity contribution in [1.29, 1.82) is 0 Å². The van der Waals surface area contributed by atoms with Crippen LogP contribution in [0.2, 0.25) is 23.2 Å². The van der Waals surface area contributed by atoms with Crippen molar-refractivity contribution in [3.8, 4) is 28.4 Å². The first-order chi connectivity index (χ1) is 21.5. The topological polar surface area (TPSA) is 132 Å². The second kappa shape index (κ2) is 14.3. The molecule has 0 bridgehead atoms. The summed E-state index contributed by atoms with van der Waals surface area (Å²) in [4.78, 5) is 22.8. The number of halogens is 1. The molecule has 4 rings (SSSR count). The van der Waals surface area contributed by atoms with Crippen LogP contribution in [0.5, 0.6) is 5.75 Å². The molecular formula is C33H48ClN5O6Si. The Balaban J connectivity index is 1.69. The number of ether oxygens (including phenoxy) is 2. The Labute approximate surface area is 278 Å². The molecule has 1 saturated heterocycles. The number of hydrogen-bond donors (Lipinski definition) is 2. The lowest BCUT2D eigenvalue weighted by Gasteiger charge is -2.39. The molecule has 2 aromatic heterocycles. The second-order valence-electron chi connectivity index (χ2n) is 13.7. The lowest BCUT2D eigenvalue weighted by Crippen LogP contribution is -2.49. The minimum Gasteiger partial charge on any atom is -0.491 e. The molecule has 13 heteroatoms. The van der Waals surface area contributed by atoms with Crippen LogP contribution in [-0.2, 0) is 9.16 Å². The molecule has 0 saturated carbocycles. The average molecular weight is 674 g/mol. The van der Waals surface area contributed by atoms with E-state index >= 15 is 0 Å². The molecule has 1 aliphatic rings. The molecule has 0 unspecified atom stereocenters. The van der Waals surface area contributed by atoms with Gasteiger partial charge in [0.15, 0.2) is 14.1 Å². The summed E-state index contributed by atoms with van der Waals surface area (Å²) in [5.74, 6) is 2.34. The van der Waals surface area contributed by atoms with Crippen molar-refractivity contribution in [3.63, 3.8) is 0 Å². The van der Waals surface area contributed by atoms with Gasteiger partial charge in [-0.05, 0) is 76.9 Å². The van der Waals surface area contributed by atoms with Crippen LogP contribution in [0.25, 0.3) is 22.6 Å². The smallest absolute Gasteiger partial charge is 0.407 e. The van der Waals surface area contributed by atoms with E-state index in [1.807, 2.05) is 26.8 Å². The van der Waals surface area contributed by atoms with Gasteiger partial charge in [0.2, 0.25) is 0 Å². The first-order valence-electron chi connectivity index (χ1n) is 15.7. The van der Waals surface area contributed by atoms with Crippen molar-refractivity contribution in [3.05, 3.63) is 40.2 Å². The minimum absolute atomic E-state index is 0.0589. The van der Waals surface area contributed by atoms with Crippen molar-refractivity contribution in [1.82, 2.24) is 20.0 Å². The van der Waals surface area contributed by atoms with Crippen molar-refractivity contribution >= 4 is 31.8 Å². The third-order valence-electron chi connectivity index (χ3n) is 8.93. The van der Waals surface area contributed by atoms with Crippen LogP contribution in [0.1, 0.15) is 57.6 Å². The van der Waals surface area contributed by atoms with Gasteiger partial charge in [-0.15, -0.1) is 0 Å². The molecule has 3 aromatic rings. The highest BCUT2D eigenvalue weighted by Gasteiger charge is 2.40. The SMILES string of the molecule is Cc1noc(C)c1-c1nc(-c2cc(OC[C@@H](CN(C)C(=O)O)O[Si](C)(C)C(C)(C)C)ccc2Cl)nc(N[C@@H]2CCO[C@H](C)C2)c1C. The van der Waals surface area contributed by atoms with Gasteiger partial charge in [0.05, 0.1) is 40.7 Å². The van der Waals surface area contributed by atoms with Crippen LogP contribution in [0.4, 0.5) is 10.6 Å². The average Bonchev–Trinajstić information content (AvgIpc) is 3.30. The number of benzene rings is 1.